The summed E-state index contributed by atoms with van der Waals surface area (Å²) in [6.07, 6.45) is 3.59. The van der Waals surface area contributed by atoms with Crippen molar-refractivity contribution >= 4 is 58.3 Å². The lowest BCUT2D eigenvalue weighted by Crippen LogP contribution is -2.40. The maximum atomic E-state index is 14.0. The number of halogens is 2. The standard InChI is InChI=1S/C31H29Cl2N3O3S2/c1-16(2)39-30(38)27-18(4)34-31-36(28(27)20-7-10-23(40-6)11-8-20)29(37)26(41-31)14-21-13-17(3)35(19(21)5)22-9-12-24(32)25(33)15-22/h7-16,28H,1-6H3/b26-14-/t28-/m1/s1. The molecular weight excluding hydrogens is 597 g/mol. The molecule has 212 valence electrons. The van der Waals surface area contributed by atoms with Crippen molar-refractivity contribution in [2.45, 2.75) is 51.7 Å². The highest BCUT2D eigenvalue weighted by Gasteiger charge is 2.33. The summed E-state index contributed by atoms with van der Waals surface area (Å²) in [6, 6.07) is 14.8. The number of esters is 1. The van der Waals surface area contributed by atoms with Gasteiger partial charge in [0.25, 0.3) is 5.56 Å². The Morgan fingerprint density at radius 2 is 1.78 bits per heavy atom. The quantitative estimate of drug-likeness (QED) is 0.178. The van der Waals surface area contributed by atoms with Gasteiger partial charge in [-0.15, -0.1) is 11.8 Å². The third kappa shape index (κ3) is 5.58. The monoisotopic (exact) mass is 625 g/mol. The number of aromatic nitrogens is 2. The zero-order valence-electron chi connectivity index (χ0n) is 23.5. The second-order valence-electron chi connectivity index (χ2n) is 10.1. The van der Waals surface area contributed by atoms with Gasteiger partial charge in [-0.25, -0.2) is 9.79 Å². The number of hydrogen-bond donors (Lipinski definition) is 0. The lowest BCUT2D eigenvalue weighted by molar-refractivity contribution is -0.143. The van der Waals surface area contributed by atoms with Gasteiger partial charge >= 0.3 is 5.97 Å². The summed E-state index contributed by atoms with van der Waals surface area (Å²) < 4.78 is 9.82. The van der Waals surface area contributed by atoms with Gasteiger partial charge in [0.2, 0.25) is 0 Å². The van der Waals surface area contributed by atoms with Crippen LogP contribution in [-0.2, 0) is 9.53 Å². The van der Waals surface area contributed by atoms with Crippen molar-refractivity contribution in [1.82, 2.24) is 9.13 Å². The van der Waals surface area contributed by atoms with Crippen LogP contribution < -0.4 is 14.9 Å². The molecule has 0 bridgehead atoms. The van der Waals surface area contributed by atoms with Gasteiger partial charge in [0.15, 0.2) is 4.80 Å². The lowest BCUT2D eigenvalue weighted by Gasteiger charge is -2.25. The number of carbonyl (C=O) groups excluding carboxylic acids is 1. The number of fused-ring (bicyclic) bond motifs is 1. The molecule has 0 amide bonds. The number of thiazole rings is 1. The van der Waals surface area contributed by atoms with Crippen molar-refractivity contribution in [1.29, 1.82) is 0 Å². The predicted octanol–water partition coefficient (Wildman–Crippen LogP) is 6.62. The first-order valence-corrected chi connectivity index (χ1v) is 15.8. The number of aryl methyl sites for hydroxylation is 1. The molecule has 5 rings (SSSR count). The summed E-state index contributed by atoms with van der Waals surface area (Å²) in [7, 11) is 0. The lowest BCUT2D eigenvalue weighted by atomic mass is 9.96. The number of hydrogen-bond acceptors (Lipinski definition) is 6. The molecule has 1 atom stereocenters. The summed E-state index contributed by atoms with van der Waals surface area (Å²) in [5.74, 6) is -0.473. The topological polar surface area (TPSA) is 65.6 Å². The van der Waals surface area contributed by atoms with Gasteiger partial charge < -0.3 is 9.30 Å². The van der Waals surface area contributed by atoms with Gasteiger partial charge in [-0.05, 0) is 94.5 Å². The Hall–Kier alpha value is -3.04. The van der Waals surface area contributed by atoms with Crippen molar-refractivity contribution in [3.63, 3.8) is 0 Å². The zero-order chi connectivity index (χ0) is 29.6. The smallest absolute Gasteiger partial charge is 0.338 e. The largest absolute Gasteiger partial charge is 0.459 e. The molecule has 0 radical (unpaired) electrons. The molecule has 0 saturated heterocycles. The van der Waals surface area contributed by atoms with Crippen molar-refractivity contribution in [2.24, 2.45) is 4.99 Å². The number of benzene rings is 2. The summed E-state index contributed by atoms with van der Waals surface area (Å²) >= 11 is 15.4. The van der Waals surface area contributed by atoms with E-state index in [1.165, 1.54) is 11.3 Å². The fourth-order valence-corrected chi connectivity index (χ4v) is 6.80. The molecule has 3 heterocycles. The van der Waals surface area contributed by atoms with Crippen LogP contribution in [0.15, 0.2) is 74.5 Å². The zero-order valence-corrected chi connectivity index (χ0v) is 26.6. The van der Waals surface area contributed by atoms with Crippen molar-refractivity contribution in [2.75, 3.05) is 6.26 Å². The third-order valence-corrected chi connectivity index (χ3v) is 9.40. The van der Waals surface area contributed by atoms with Gasteiger partial charge in [0.05, 0.1) is 38.0 Å². The maximum absolute atomic E-state index is 14.0. The van der Waals surface area contributed by atoms with Crippen LogP contribution in [0.1, 0.15) is 49.3 Å². The van der Waals surface area contributed by atoms with Crippen LogP contribution in [0.3, 0.4) is 0 Å². The molecular formula is C31H29Cl2N3O3S2. The first-order chi connectivity index (χ1) is 19.5. The van der Waals surface area contributed by atoms with Crippen LogP contribution in [-0.4, -0.2) is 27.5 Å². The molecule has 0 unspecified atom stereocenters. The van der Waals surface area contributed by atoms with Gasteiger partial charge in [0, 0.05) is 22.0 Å². The Labute approximate surface area is 256 Å². The second-order valence-corrected chi connectivity index (χ2v) is 12.8. The maximum Gasteiger partial charge on any atom is 0.338 e. The molecule has 41 heavy (non-hydrogen) atoms. The minimum absolute atomic E-state index is 0.214. The Morgan fingerprint density at radius 3 is 2.41 bits per heavy atom. The van der Waals surface area contributed by atoms with Crippen molar-refractivity contribution in [3.05, 3.63) is 112 Å². The molecule has 0 fully saturated rings. The number of ether oxygens (including phenoxy) is 1. The average molecular weight is 627 g/mol. The molecule has 0 spiro atoms. The fourth-order valence-electron chi connectivity index (χ4n) is 5.06. The van der Waals surface area contributed by atoms with E-state index in [0.717, 1.165) is 33.1 Å². The molecule has 4 aromatic rings. The van der Waals surface area contributed by atoms with E-state index in [4.69, 9.17) is 32.9 Å². The van der Waals surface area contributed by atoms with E-state index in [-0.39, 0.29) is 11.7 Å². The van der Waals surface area contributed by atoms with Gasteiger partial charge in [0.1, 0.15) is 0 Å². The molecule has 10 heteroatoms. The van der Waals surface area contributed by atoms with Crippen LogP contribution in [0.25, 0.3) is 11.8 Å². The summed E-state index contributed by atoms with van der Waals surface area (Å²) in [5.41, 5.74) is 5.23. The second kappa shape index (κ2) is 11.7. The van der Waals surface area contributed by atoms with Crippen molar-refractivity contribution in [3.8, 4) is 5.69 Å². The van der Waals surface area contributed by atoms with Crippen LogP contribution >= 0.6 is 46.3 Å². The van der Waals surface area contributed by atoms with E-state index in [1.54, 1.807) is 43.2 Å². The van der Waals surface area contributed by atoms with Crippen LogP contribution in [0.4, 0.5) is 0 Å². The minimum Gasteiger partial charge on any atom is -0.459 e. The van der Waals surface area contributed by atoms with Crippen LogP contribution in [0, 0.1) is 13.8 Å². The minimum atomic E-state index is -0.654. The van der Waals surface area contributed by atoms with E-state index in [1.807, 2.05) is 68.6 Å². The number of allylic oxidation sites excluding steroid dienone is 1. The van der Waals surface area contributed by atoms with Gasteiger partial charge in [-0.3, -0.25) is 9.36 Å². The predicted molar refractivity (Wildman–Crippen MR) is 168 cm³/mol. The number of thioether (sulfide) groups is 1. The first-order valence-electron chi connectivity index (χ1n) is 13.0. The SMILES string of the molecule is CSc1ccc([C@@H]2C(C(=O)OC(C)C)=C(C)N=c3s/c(=C\c4cc(C)n(-c5ccc(Cl)c(Cl)c5)c4C)c(=O)n32)cc1. The molecule has 1 aliphatic rings. The molecule has 6 nitrogen and oxygen atoms in total. The Kier molecular flexibility index (Phi) is 8.39. The van der Waals surface area contributed by atoms with Gasteiger partial charge in [-0.2, -0.15) is 0 Å². The molecule has 2 aromatic carbocycles. The molecule has 1 aliphatic heterocycles. The molecule has 0 N–H and O–H groups in total. The van der Waals surface area contributed by atoms with Crippen LogP contribution in [0.5, 0.6) is 0 Å². The summed E-state index contributed by atoms with van der Waals surface area (Å²) in [5, 5.41) is 0.961. The van der Waals surface area contributed by atoms with Crippen LogP contribution in [0.2, 0.25) is 10.0 Å². The Balaban J connectivity index is 1.68. The van der Waals surface area contributed by atoms with Crippen molar-refractivity contribution < 1.29 is 9.53 Å². The number of rotatable bonds is 6. The van der Waals surface area contributed by atoms with E-state index < -0.39 is 12.0 Å². The summed E-state index contributed by atoms with van der Waals surface area (Å²) in [4.78, 5) is 33.7. The first kappa shape index (κ1) is 29.5. The molecule has 2 aromatic heterocycles. The molecule has 0 aliphatic carbocycles. The van der Waals surface area contributed by atoms with Gasteiger partial charge in [-0.1, -0.05) is 46.7 Å². The Bertz CT molecular complexity index is 1880. The third-order valence-electron chi connectivity index (χ3n) is 6.93. The highest BCUT2D eigenvalue weighted by molar-refractivity contribution is 7.98. The highest BCUT2D eigenvalue weighted by Crippen LogP contribution is 2.32. The van der Waals surface area contributed by atoms with E-state index in [0.29, 0.717) is 30.6 Å². The van der Waals surface area contributed by atoms with E-state index >= 15 is 0 Å². The number of nitrogens with zero attached hydrogens (tertiary/aromatic N) is 3. The van der Waals surface area contributed by atoms with E-state index in [9.17, 15) is 9.59 Å². The normalized spacial score (nSPS) is 15.3. The Morgan fingerprint density at radius 1 is 1.07 bits per heavy atom. The summed E-state index contributed by atoms with van der Waals surface area (Å²) in [6.45, 7) is 9.41. The fraction of sp³-hybridized carbons (Fsp3) is 0.258. The molecule has 0 saturated carbocycles. The van der Waals surface area contributed by atoms with E-state index in [2.05, 4.69) is 4.57 Å². The highest BCUT2D eigenvalue weighted by atomic mass is 35.5. The number of carbonyl (C=O) groups is 1. The average Bonchev–Trinajstić information content (AvgIpc) is 3.38.